The second-order valence-corrected chi connectivity index (χ2v) is 19.0. The van der Waals surface area contributed by atoms with E-state index in [0.29, 0.717) is 25.8 Å². The molecule has 0 aromatic heterocycles. The van der Waals surface area contributed by atoms with Crippen LogP contribution in [0.25, 0.3) is 0 Å². The van der Waals surface area contributed by atoms with Gasteiger partial charge in [-0.05, 0) is 65.9 Å². The van der Waals surface area contributed by atoms with Gasteiger partial charge in [0, 0.05) is 32.7 Å². The molecule has 13 nitrogen and oxygen atoms in total. The number of hydrogen-bond acceptors (Lipinski definition) is 7. The van der Waals surface area contributed by atoms with Crippen LogP contribution in [0.3, 0.4) is 0 Å². The highest BCUT2D eigenvalue weighted by Crippen LogP contribution is 2.65. The smallest absolute Gasteiger partial charge is 0.315 e. The van der Waals surface area contributed by atoms with E-state index in [-0.39, 0.29) is 54.3 Å². The second-order valence-electron chi connectivity index (χ2n) is 16.6. The summed E-state index contributed by atoms with van der Waals surface area (Å²) < 4.78 is 26.5. The van der Waals surface area contributed by atoms with Crippen LogP contribution < -0.4 is 21.3 Å². The van der Waals surface area contributed by atoms with Crippen LogP contribution >= 0.6 is 0 Å². The topological polar surface area (TPSA) is 174 Å². The average molecular weight is 757 g/mol. The third kappa shape index (κ3) is 9.48. The first-order valence-electron chi connectivity index (χ1n) is 18.9. The third-order valence-corrected chi connectivity index (χ3v) is 13.4. The molecular formula is C39H60N6O7S. The third-order valence-electron chi connectivity index (χ3n) is 11.6. The minimum absolute atomic E-state index is 0.0386. The van der Waals surface area contributed by atoms with Crippen molar-refractivity contribution >= 4 is 39.6 Å². The van der Waals surface area contributed by atoms with Crippen molar-refractivity contribution < 1.29 is 32.4 Å². The molecule has 1 unspecified atom stereocenters. The maximum absolute atomic E-state index is 14.8. The van der Waals surface area contributed by atoms with E-state index < -0.39 is 63.2 Å². The quantitative estimate of drug-likeness (QED) is 0.140. The number of carbonyl (C=O) groups excluding carboxylic acids is 5. The van der Waals surface area contributed by atoms with Crippen molar-refractivity contribution in [2.24, 2.45) is 28.6 Å². The van der Waals surface area contributed by atoms with Crippen LogP contribution in [0.15, 0.2) is 36.9 Å². The summed E-state index contributed by atoms with van der Waals surface area (Å²) in [4.78, 5) is 70.4. The number of nitrogens with zero attached hydrogens (tertiary/aromatic N) is 2. The Balaban J connectivity index is 1.62. The predicted molar refractivity (Wildman–Crippen MR) is 204 cm³/mol. The molecule has 14 heteroatoms. The summed E-state index contributed by atoms with van der Waals surface area (Å²) >= 11 is 0. The summed E-state index contributed by atoms with van der Waals surface area (Å²) in [6.07, 6.45) is 4.19. The zero-order chi connectivity index (χ0) is 39.5. The summed E-state index contributed by atoms with van der Waals surface area (Å²) in [6.45, 7) is 17.4. The Hall–Kier alpha value is -3.78. The van der Waals surface area contributed by atoms with Gasteiger partial charge in [0.05, 0.1) is 11.8 Å². The van der Waals surface area contributed by atoms with Gasteiger partial charge in [0.25, 0.3) is 5.91 Å². The highest BCUT2D eigenvalue weighted by Gasteiger charge is 2.69. The van der Waals surface area contributed by atoms with Crippen molar-refractivity contribution in [3.05, 3.63) is 48.0 Å². The zero-order valence-corrected chi connectivity index (χ0v) is 33.5. The molecule has 2 aliphatic carbocycles. The number of hydrogen-bond donors (Lipinski definition) is 4. The number of nitrogens with one attached hydrogen (secondary N) is 4. The van der Waals surface area contributed by atoms with E-state index in [1.54, 1.807) is 11.8 Å². The number of amides is 5. The van der Waals surface area contributed by atoms with Gasteiger partial charge in [-0.25, -0.2) is 17.5 Å². The first-order valence-corrected chi connectivity index (χ1v) is 20.5. The molecule has 4 rings (SSSR count). The van der Waals surface area contributed by atoms with E-state index in [9.17, 15) is 32.4 Å². The largest absolute Gasteiger partial charge is 0.346 e. The van der Waals surface area contributed by atoms with Gasteiger partial charge in [0.2, 0.25) is 27.6 Å². The van der Waals surface area contributed by atoms with Crippen LogP contribution in [-0.2, 0) is 42.0 Å². The molecule has 0 bridgehead atoms. The van der Waals surface area contributed by atoms with Gasteiger partial charge in [-0.3, -0.25) is 19.2 Å². The van der Waals surface area contributed by atoms with Crippen molar-refractivity contribution in [3.63, 3.8) is 0 Å². The molecule has 0 spiro atoms. The maximum Gasteiger partial charge on any atom is 0.315 e. The number of carbonyl (C=O) groups is 5. The molecule has 294 valence electrons. The number of likely N-dealkylation sites (N-methyl/N-ethyl adjacent to an activating group) is 1. The van der Waals surface area contributed by atoms with Crippen LogP contribution in [0.4, 0.5) is 4.79 Å². The molecule has 1 saturated heterocycles. The van der Waals surface area contributed by atoms with Gasteiger partial charge in [0.15, 0.2) is 0 Å². The first kappa shape index (κ1) is 42.0. The fraction of sp³-hybridized carbons (Fsp3) is 0.667. The van der Waals surface area contributed by atoms with E-state index >= 15 is 0 Å². The molecule has 4 N–H and O–H groups in total. The minimum atomic E-state index is -3.52. The lowest BCUT2D eigenvalue weighted by atomic mass is 9.86. The van der Waals surface area contributed by atoms with Gasteiger partial charge in [-0.1, -0.05) is 84.7 Å². The summed E-state index contributed by atoms with van der Waals surface area (Å²) in [7, 11) is -2.03. The lowest BCUT2D eigenvalue weighted by molar-refractivity contribution is -0.144. The SMILES string of the molecule is C=CCNC(=O)C(=O)C(CCCC)NC(=O)[C@@H]1[C@@H]2[C@H](CN1C(=O)[C@@H](NC(=O)N[C@H](CN(C)S(=O)(=O)CC)C(C)(C)C)C1Cc3ccccc3C1)C2(C)C. The Kier molecular flexibility index (Phi) is 13.2. The summed E-state index contributed by atoms with van der Waals surface area (Å²) in [5.41, 5.74) is 1.42. The maximum atomic E-state index is 14.8. The van der Waals surface area contributed by atoms with Gasteiger partial charge >= 0.3 is 6.03 Å². The van der Waals surface area contributed by atoms with E-state index in [1.807, 2.05) is 52.0 Å². The van der Waals surface area contributed by atoms with Crippen LogP contribution in [-0.4, -0.2) is 104 Å². The number of Topliss-reactive ketones (excluding diaryl/α,β-unsaturated/α-hetero) is 1. The molecule has 1 aromatic carbocycles. The Bertz CT molecular complexity index is 1650. The van der Waals surface area contributed by atoms with Crippen molar-refractivity contribution in [2.75, 3.05) is 32.4 Å². The fourth-order valence-corrected chi connectivity index (χ4v) is 8.83. The molecule has 1 aliphatic heterocycles. The number of ketones is 1. The molecule has 5 amide bonds. The van der Waals surface area contributed by atoms with Gasteiger partial charge in [-0.15, -0.1) is 6.58 Å². The molecule has 6 atom stereocenters. The van der Waals surface area contributed by atoms with Crippen LogP contribution in [0.1, 0.15) is 78.9 Å². The second kappa shape index (κ2) is 16.7. The summed E-state index contributed by atoms with van der Waals surface area (Å²) in [6, 6.07) is 3.75. The van der Waals surface area contributed by atoms with Gasteiger partial charge in [-0.2, -0.15) is 0 Å². The number of rotatable bonds is 17. The first-order chi connectivity index (χ1) is 24.8. The Morgan fingerprint density at radius 3 is 2.21 bits per heavy atom. The number of piperidine rings is 1. The van der Waals surface area contributed by atoms with Crippen molar-refractivity contribution in [1.82, 2.24) is 30.5 Å². The van der Waals surface area contributed by atoms with Gasteiger partial charge < -0.3 is 26.2 Å². The van der Waals surface area contributed by atoms with E-state index in [1.165, 1.54) is 17.4 Å². The fourth-order valence-electron chi connectivity index (χ4n) is 8.01. The highest BCUT2D eigenvalue weighted by molar-refractivity contribution is 7.89. The van der Waals surface area contributed by atoms with Crippen LogP contribution in [0.5, 0.6) is 0 Å². The van der Waals surface area contributed by atoms with Crippen molar-refractivity contribution in [1.29, 1.82) is 0 Å². The number of benzene rings is 1. The van der Waals surface area contributed by atoms with E-state index in [0.717, 1.165) is 17.5 Å². The van der Waals surface area contributed by atoms with Crippen LogP contribution in [0.2, 0.25) is 0 Å². The standard InChI is InChI=1S/C39H60N6O7S/c1-10-13-18-28(33(46)35(48)40-19-11-2)41-34(47)32-30-27(39(30,7)8)22-45(32)36(49)31(26-20-24-16-14-15-17-25(24)21-26)43-37(50)42-29(38(4,5)6)23-44(9)53(51,52)12-3/h11,14-17,26-32H,2,10,12-13,18-23H2,1,3-9H3,(H,40,48)(H,41,47)(H2,42,43,50)/t27-,28?,29+,30-,31-,32-/m0/s1. The van der Waals surface area contributed by atoms with Gasteiger partial charge in [0.1, 0.15) is 12.1 Å². The van der Waals surface area contributed by atoms with Crippen LogP contribution in [0, 0.1) is 28.6 Å². The van der Waals surface area contributed by atoms with E-state index in [2.05, 4.69) is 41.7 Å². The number of fused-ring (bicyclic) bond motifs is 2. The molecule has 1 heterocycles. The minimum Gasteiger partial charge on any atom is -0.346 e. The molecule has 1 saturated carbocycles. The molecule has 53 heavy (non-hydrogen) atoms. The normalized spacial score (nSPS) is 22.2. The summed E-state index contributed by atoms with van der Waals surface area (Å²) in [5, 5.41) is 11.3. The monoisotopic (exact) mass is 756 g/mol. The molecular weight excluding hydrogens is 697 g/mol. The number of sulfonamides is 1. The van der Waals surface area contributed by atoms with Crippen molar-refractivity contribution in [2.45, 2.75) is 105 Å². The number of likely N-dealkylation sites (tertiary alicyclic amines) is 1. The molecule has 3 aliphatic rings. The van der Waals surface area contributed by atoms with E-state index in [4.69, 9.17) is 0 Å². The Morgan fingerprint density at radius 2 is 1.66 bits per heavy atom. The Morgan fingerprint density at radius 1 is 1.04 bits per heavy atom. The molecule has 0 radical (unpaired) electrons. The number of unbranched alkanes of at least 4 members (excludes halogenated alkanes) is 1. The average Bonchev–Trinajstić information content (AvgIpc) is 3.46. The zero-order valence-electron chi connectivity index (χ0n) is 32.7. The Labute approximate surface area is 315 Å². The lowest BCUT2D eigenvalue weighted by Crippen LogP contribution is -2.61. The summed E-state index contributed by atoms with van der Waals surface area (Å²) in [5.74, 6) is -2.94. The molecule has 2 fully saturated rings. The number of urea groups is 1. The lowest BCUT2D eigenvalue weighted by Gasteiger charge is -2.37. The highest BCUT2D eigenvalue weighted by atomic mass is 32.2. The van der Waals surface area contributed by atoms with Crippen molar-refractivity contribution in [3.8, 4) is 0 Å². The predicted octanol–water partition coefficient (Wildman–Crippen LogP) is 2.79. The molecule has 1 aromatic rings.